The first-order chi connectivity index (χ1) is 9.81. The first-order valence-corrected chi connectivity index (χ1v) is 7.03. The molecule has 0 aromatic heterocycles. The van der Waals surface area contributed by atoms with Gasteiger partial charge in [0.2, 0.25) is 0 Å². The number of rotatable bonds is 6. The van der Waals surface area contributed by atoms with Gasteiger partial charge >= 0.3 is 6.09 Å². The van der Waals surface area contributed by atoms with Crippen LogP contribution in [0.4, 0.5) is 4.79 Å². The Bertz CT molecular complexity index is 437. The van der Waals surface area contributed by atoms with Crippen LogP contribution in [0.5, 0.6) is 5.75 Å². The van der Waals surface area contributed by atoms with Crippen molar-refractivity contribution in [1.82, 2.24) is 5.32 Å². The van der Waals surface area contributed by atoms with Crippen molar-refractivity contribution in [3.05, 3.63) is 29.8 Å². The molecule has 1 N–H and O–H groups in total. The van der Waals surface area contributed by atoms with Gasteiger partial charge in [0.05, 0.1) is 12.6 Å². The van der Waals surface area contributed by atoms with E-state index in [1.54, 1.807) is 7.11 Å². The Balaban J connectivity index is 2.51. The first kappa shape index (κ1) is 17.3. The van der Waals surface area contributed by atoms with Crippen LogP contribution in [-0.2, 0) is 9.47 Å². The Morgan fingerprint density at radius 1 is 1.19 bits per heavy atom. The van der Waals surface area contributed by atoms with Crippen LogP contribution in [0.25, 0.3) is 0 Å². The monoisotopic (exact) mass is 295 g/mol. The largest absolute Gasteiger partial charge is 0.491 e. The van der Waals surface area contributed by atoms with Gasteiger partial charge in [-0.15, -0.1) is 0 Å². The molecule has 1 aromatic rings. The minimum Gasteiger partial charge on any atom is -0.491 e. The molecule has 1 aromatic carbocycles. The van der Waals surface area contributed by atoms with Gasteiger partial charge in [0.25, 0.3) is 0 Å². The lowest BCUT2D eigenvalue weighted by atomic mass is 10.1. The summed E-state index contributed by atoms with van der Waals surface area (Å²) in [6.45, 7) is 8.49. The number of hydrogen-bond acceptors (Lipinski definition) is 4. The van der Waals surface area contributed by atoms with Crippen LogP contribution < -0.4 is 10.1 Å². The van der Waals surface area contributed by atoms with Crippen molar-refractivity contribution in [1.29, 1.82) is 0 Å². The third-order valence-corrected chi connectivity index (χ3v) is 2.67. The van der Waals surface area contributed by atoms with Crippen molar-refractivity contribution < 1.29 is 19.0 Å². The molecule has 1 unspecified atom stereocenters. The van der Waals surface area contributed by atoms with Crippen LogP contribution in [0, 0.1) is 0 Å². The number of nitrogens with one attached hydrogen (secondary N) is 1. The Labute approximate surface area is 126 Å². The lowest BCUT2D eigenvalue weighted by Crippen LogP contribution is -2.34. The van der Waals surface area contributed by atoms with E-state index in [2.05, 4.69) is 5.32 Å². The van der Waals surface area contributed by atoms with E-state index in [0.717, 1.165) is 11.3 Å². The van der Waals surface area contributed by atoms with Crippen LogP contribution in [0.3, 0.4) is 0 Å². The van der Waals surface area contributed by atoms with E-state index in [0.29, 0.717) is 13.2 Å². The van der Waals surface area contributed by atoms with Gasteiger partial charge in [-0.25, -0.2) is 4.79 Å². The van der Waals surface area contributed by atoms with Crippen molar-refractivity contribution in [2.75, 3.05) is 20.3 Å². The van der Waals surface area contributed by atoms with E-state index in [-0.39, 0.29) is 6.04 Å². The van der Waals surface area contributed by atoms with Crippen molar-refractivity contribution in [3.63, 3.8) is 0 Å². The zero-order chi connectivity index (χ0) is 15.9. The molecule has 1 rings (SSSR count). The Hall–Kier alpha value is -1.75. The molecule has 1 amide bonds. The molecule has 0 aliphatic heterocycles. The summed E-state index contributed by atoms with van der Waals surface area (Å²) in [5.74, 6) is 0.778. The molecule has 0 saturated heterocycles. The topological polar surface area (TPSA) is 56.8 Å². The number of hydrogen-bond donors (Lipinski definition) is 1. The molecule has 0 bridgehead atoms. The highest BCUT2D eigenvalue weighted by atomic mass is 16.6. The van der Waals surface area contributed by atoms with E-state index < -0.39 is 11.7 Å². The van der Waals surface area contributed by atoms with Crippen LogP contribution in [0.1, 0.15) is 39.3 Å². The molecule has 5 nitrogen and oxygen atoms in total. The van der Waals surface area contributed by atoms with Gasteiger partial charge in [-0.3, -0.25) is 0 Å². The zero-order valence-electron chi connectivity index (χ0n) is 13.4. The molecular formula is C16H25NO4. The Morgan fingerprint density at radius 3 is 2.33 bits per heavy atom. The van der Waals surface area contributed by atoms with Crippen molar-refractivity contribution in [3.8, 4) is 5.75 Å². The standard InChI is InChI=1S/C16H25NO4/c1-12(17-15(18)21-16(2,3)4)13-6-8-14(9-7-13)20-11-10-19-5/h6-9,12H,10-11H2,1-5H3,(H,17,18). The summed E-state index contributed by atoms with van der Waals surface area (Å²) >= 11 is 0. The lowest BCUT2D eigenvalue weighted by Gasteiger charge is -2.22. The van der Waals surface area contributed by atoms with Crippen molar-refractivity contribution in [2.45, 2.75) is 39.3 Å². The molecule has 0 heterocycles. The maximum atomic E-state index is 11.7. The second kappa shape index (κ2) is 7.88. The Morgan fingerprint density at radius 2 is 1.81 bits per heavy atom. The minimum atomic E-state index is -0.497. The van der Waals surface area contributed by atoms with Gasteiger partial charge in [0.15, 0.2) is 0 Å². The highest BCUT2D eigenvalue weighted by Gasteiger charge is 2.18. The molecule has 1 atom stereocenters. The van der Waals surface area contributed by atoms with Crippen LogP contribution in [-0.4, -0.2) is 32.0 Å². The summed E-state index contributed by atoms with van der Waals surface area (Å²) in [5.41, 5.74) is 0.489. The number of ether oxygens (including phenoxy) is 3. The molecule has 0 radical (unpaired) electrons. The fraction of sp³-hybridized carbons (Fsp3) is 0.562. The fourth-order valence-corrected chi connectivity index (χ4v) is 1.66. The molecule has 0 saturated carbocycles. The van der Waals surface area contributed by atoms with Gasteiger partial charge in [-0.1, -0.05) is 12.1 Å². The molecular weight excluding hydrogens is 270 g/mol. The number of benzene rings is 1. The van der Waals surface area contributed by atoms with Gasteiger partial charge in [-0.05, 0) is 45.4 Å². The molecule has 0 aliphatic carbocycles. The fourth-order valence-electron chi connectivity index (χ4n) is 1.66. The summed E-state index contributed by atoms with van der Waals surface area (Å²) in [6.07, 6.45) is -0.421. The van der Waals surface area contributed by atoms with Gasteiger partial charge in [-0.2, -0.15) is 0 Å². The van der Waals surface area contributed by atoms with Crippen LogP contribution in [0.2, 0.25) is 0 Å². The van der Waals surface area contributed by atoms with Gasteiger partial charge in [0, 0.05) is 7.11 Å². The molecule has 118 valence electrons. The lowest BCUT2D eigenvalue weighted by molar-refractivity contribution is 0.0508. The van der Waals surface area contributed by atoms with Crippen LogP contribution in [0.15, 0.2) is 24.3 Å². The molecule has 0 spiro atoms. The number of carbonyl (C=O) groups excluding carboxylic acids is 1. The summed E-state index contributed by atoms with van der Waals surface area (Å²) < 4.78 is 15.6. The SMILES string of the molecule is COCCOc1ccc(C(C)NC(=O)OC(C)(C)C)cc1. The predicted octanol–water partition coefficient (Wildman–Crippen LogP) is 3.30. The molecule has 0 fully saturated rings. The number of amides is 1. The Kier molecular flexibility index (Phi) is 6.49. The van der Waals surface area contributed by atoms with Crippen molar-refractivity contribution in [2.24, 2.45) is 0 Å². The van der Waals surface area contributed by atoms with Crippen molar-refractivity contribution >= 4 is 6.09 Å². The van der Waals surface area contributed by atoms with Gasteiger partial charge in [0.1, 0.15) is 18.0 Å². The number of carbonyl (C=O) groups is 1. The summed E-state index contributed by atoms with van der Waals surface area (Å²) in [7, 11) is 1.64. The van der Waals surface area contributed by atoms with E-state index in [9.17, 15) is 4.79 Å². The average Bonchev–Trinajstić information content (AvgIpc) is 2.37. The smallest absolute Gasteiger partial charge is 0.408 e. The highest BCUT2D eigenvalue weighted by molar-refractivity contribution is 5.68. The first-order valence-electron chi connectivity index (χ1n) is 7.03. The second-order valence-corrected chi connectivity index (χ2v) is 5.78. The third-order valence-electron chi connectivity index (χ3n) is 2.67. The number of alkyl carbamates (subject to hydrolysis) is 1. The van der Waals surface area contributed by atoms with E-state index >= 15 is 0 Å². The zero-order valence-corrected chi connectivity index (χ0v) is 13.4. The van der Waals surface area contributed by atoms with Gasteiger partial charge < -0.3 is 19.5 Å². The minimum absolute atomic E-state index is 0.132. The van der Waals surface area contributed by atoms with Crippen LogP contribution >= 0.6 is 0 Å². The highest BCUT2D eigenvalue weighted by Crippen LogP contribution is 2.18. The molecule has 21 heavy (non-hydrogen) atoms. The molecule has 0 aliphatic rings. The normalized spacial score (nSPS) is 12.6. The second-order valence-electron chi connectivity index (χ2n) is 5.78. The number of methoxy groups -OCH3 is 1. The van der Waals surface area contributed by atoms with E-state index in [1.165, 1.54) is 0 Å². The van der Waals surface area contributed by atoms with E-state index in [4.69, 9.17) is 14.2 Å². The molecule has 5 heteroatoms. The third kappa shape index (κ3) is 6.99. The summed E-state index contributed by atoms with van der Waals surface area (Å²) in [5, 5.41) is 2.80. The quantitative estimate of drug-likeness (QED) is 0.818. The summed E-state index contributed by atoms with van der Waals surface area (Å²) in [4.78, 5) is 11.7. The maximum Gasteiger partial charge on any atom is 0.408 e. The summed E-state index contributed by atoms with van der Waals surface area (Å²) in [6, 6.07) is 7.46. The maximum absolute atomic E-state index is 11.7. The predicted molar refractivity (Wildman–Crippen MR) is 81.6 cm³/mol. The van der Waals surface area contributed by atoms with E-state index in [1.807, 2.05) is 52.0 Å². The average molecular weight is 295 g/mol.